The van der Waals surface area contributed by atoms with Gasteiger partial charge in [0.1, 0.15) is 38.5 Å². The number of nitrogens with one attached hydrogen (secondary N) is 2. The zero-order valence-corrected chi connectivity index (χ0v) is 18.7. The van der Waals surface area contributed by atoms with Crippen LogP contribution in [0.1, 0.15) is 5.56 Å². The molecule has 0 radical (unpaired) electrons. The van der Waals surface area contributed by atoms with E-state index in [1.54, 1.807) is 30.3 Å². The minimum atomic E-state index is -4.54. The third kappa shape index (κ3) is 8.28. The largest absolute Gasteiger partial charge is 0.508 e. The normalized spacial score (nSPS) is 17.1. The number of rotatable bonds is 9. The Morgan fingerprint density at radius 3 is 2.29 bits per heavy atom. The fourth-order valence-electron chi connectivity index (χ4n) is 2.63. The summed E-state index contributed by atoms with van der Waals surface area (Å²) in [7, 11) is 0.410. The molecule has 1 fully saturated rings. The number of benzene rings is 1. The smallest absolute Gasteiger partial charge is 0.446 e. The molecular formula is C17H19ClN4O11S. The van der Waals surface area contributed by atoms with Crippen molar-refractivity contribution in [1.29, 1.82) is 0 Å². The van der Waals surface area contributed by atoms with Crippen molar-refractivity contribution in [2.24, 2.45) is 5.73 Å². The highest BCUT2D eigenvalue weighted by molar-refractivity contribution is 8.12. The SMILES string of the molecule is NC(=O)OCCOC(=O)OCC1C(NC(=O)OCc2ccccc2)C(=O)N1C(=O)NS(=O)(=O)Cl. The molecule has 0 bridgehead atoms. The molecule has 0 aliphatic carbocycles. The molecule has 1 saturated heterocycles. The second-order valence-electron chi connectivity index (χ2n) is 6.38. The van der Waals surface area contributed by atoms with E-state index in [2.05, 4.69) is 14.8 Å². The highest BCUT2D eigenvalue weighted by atomic mass is 35.7. The fraction of sp³-hybridized carbons (Fsp3) is 0.353. The minimum absolute atomic E-state index is 0.122. The molecule has 186 valence electrons. The van der Waals surface area contributed by atoms with E-state index in [0.29, 0.717) is 10.5 Å². The third-order valence-electron chi connectivity index (χ3n) is 4.05. The standard InChI is InChI=1S/C17H19ClN4O11S/c18-34(28,29)21-15(25)22-11(9-33-17(27)31-7-6-30-14(19)24)12(13(22)23)20-16(26)32-8-10-4-2-1-3-5-10/h1-5,11-12H,6-9H2,(H2,19,24)(H,20,26)(H,21,25). The lowest BCUT2D eigenvalue weighted by Crippen LogP contribution is -2.74. The van der Waals surface area contributed by atoms with Crippen LogP contribution in [0.4, 0.5) is 19.2 Å². The Bertz CT molecular complexity index is 1040. The number of halogens is 1. The Labute approximate surface area is 196 Å². The van der Waals surface area contributed by atoms with Crippen molar-refractivity contribution in [3.8, 4) is 0 Å². The molecule has 1 aromatic carbocycles. The van der Waals surface area contributed by atoms with Crippen LogP contribution in [0, 0.1) is 0 Å². The molecule has 17 heteroatoms. The number of amides is 5. The van der Waals surface area contributed by atoms with Gasteiger partial charge in [-0.15, -0.1) is 0 Å². The van der Waals surface area contributed by atoms with Gasteiger partial charge in [-0.25, -0.2) is 23.9 Å². The maximum atomic E-state index is 12.4. The Balaban J connectivity index is 1.96. The van der Waals surface area contributed by atoms with Gasteiger partial charge >= 0.3 is 33.6 Å². The Morgan fingerprint density at radius 1 is 1.03 bits per heavy atom. The van der Waals surface area contributed by atoms with Crippen LogP contribution in [0.2, 0.25) is 0 Å². The molecule has 1 aromatic rings. The van der Waals surface area contributed by atoms with Gasteiger partial charge in [0.25, 0.3) is 5.91 Å². The van der Waals surface area contributed by atoms with Crippen LogP contribution in [0.3, 0.4) is 0 Å². The van der Waals surface area contributed by atoms with Gasteiger partial charge in [0.15, 0.2) is 0 Å². The van der Waals surface area contributed by atoms with Gasteiger partial charge in [0, 0.05) is 10.7 Å². The van der Waals surface area contributed by atoms with Gasteiger partial charge < -0.3 is 30.0 Å². The number of nitrogens with two attached hydrogens (primary N) is 1. The topological polar surface area (TPSA) is 210 Å². The van der Waals surface area contributed by atoms with Gasteiger partial charge in [0.2, 0.25) is 0 Å². The van der Waals surface area contributed by atoms with E-state index < -0.39 is 64.8 Å². The number of nitrogens with zero attached hydrogens (tertiary/aromatic N) is 1. The number of primary amides is 1. The lowest BCUT2D eigenvalue weighted by Gasteiger charge is -2.44. The molecule has 34 heavy (non-hydrogen) atoms. The first kappa shape index (κ1) is 26.5. The fourth-order valence-corrected chi connectivity index (χ4v) is 3.14. The van der Waals surface area contributed by atoms with Crippen LogP contribution in [0.5, 0.6) is 0 Å². The van der Waals surface area contributed by atoms with Crippen LogP contribution in [-0.2, 0) is 39.6 Å². The molecule has 2 atom stereocenters. The molecule has 5 amide bonds. The summed E-state index contributed by atoms with van der Waals surface area (Å²) >= 11 is 0. The summed E-state index contributed by atoms with van der Waals surface area (Å²) in [6.45, 7) is -1.58. The molecular weight excluding hydrogens is 504 g/mol. The molecule has 1 aliphatic rings. The first-order valence-electron chi connectivity index (χ1n) is 9.26. The summed E-state index contributed by atoms with van der Waals surface area (Å²) < 4.78 is 42.3. The van der Waals surface area contributed by atoms with Crippen LogP contribution in [-0.4, -0.2) is 75.5 Å². The zero-order chi connectivity index (χ0) is 25.3. The van der Waals surface area contributed by atoms with E-state index in [9.17, 15) is 32.4 Å². The highest BCUT2D eigenvalue weighted by Gasteiger charge is 2.53. The van der Waals surface area contributed by atoms with Gasteiger partial charge in [-0.3, -0.25) is 9.69 Å². The molecule has 1 aliphatic heterocycles. The molecule has 1 heterocycles. The highest BCUT2D eigenvalue weighted by Crippen LogP contribution is 2.22. The van der Waals surface area contributed by atoms with Crippen molar-refractivity contribution in [3.63, 3.8) is 0 Å². The number of β-lactam (4-membered cyclic amide) rings is 1. The predicted octanol–water partition coefficient (Wildman–Crippen LogP) is -0.0661. The number of likely N-dealkylation sites (tertiary alicyclic amines) is 1. The lowest BCUT2D eigenvalue weighted by atomic mass is 9.96. The summed E-state index contributed by atoms with van der Waals surface area (Å²) in [5, 5.41) is 2.20. The molecule has 2 rings (SSSR count). The molecule has 15 nitrogen and oxygen atoms in total. The predicted molar refractivity (Wildman–Crippen MR) is 110 cm³/mol. The van der Waals surface area contributed by atoms with Crippen LogP contribution >= 0.6 is 10.7 Å². The molecule has 0 aromatic heterocycles. The second kappa shape index (κ2) is 11.9. The number of imide groups is 1. The minimum Gasteiger partial charge on any atom is -0.446 e. The molecule has 2 unspecified atom stereocenters. The van der Waals surface area contributed by atoms with Crippen LogP contribution < -0.4 is 15.8 Å². The molecule has 4 N–H and O–H groups in total. The average molecular weight is 523 g/mol. The van der Waals surface area contributed by atoms with Crippen molar-refractivity contribution < 1.29 is 51.3 Å². The monoisotopic (exact) mass is 522 g/mol. The van der Waals surface area contributed by atoms with Crippen molar-refractivity contribution in [2.75, 3.05) is 19.8 Å². The van der Waals surface area contributed by atoms with Gasteiger partial charge in [0.05, 0.1) is 0 Å². The van der Waals surface area contributed by atoms with E-state index >= 15 is 0 Å². The summed E-state index contributed by atoms with van der Waals surface area (Å²) in [5.74, 6) is -1.02. The van der Waals surface area contributed by atoms with Crippen molar-refractivity contribution >= 4 is 50.2 Å². The maximum Gasteiger partial charge on any atom is 0.508 e. The lowest BCUT2D eigenvalue weighted by molar-refractivity contribution is -0.147. The number of alkyl carbamates (subject to hydrolysis) is 1. The number of carbonyl (C=O) groups excluding carboxylic acids is 5. The van der Waals surface area contributed by atoms with E-state index in [4.69, 9.17) is 25.9 Å². The van der Waals surface area contributed by atoms with Crippen LogP contribution in [0.15, 0.2) is 30.3 Å². The summed E-state index contributed by atoms with van der Waals surface area (Å²) in [6, 6.07) is 4.42. The van der Waals surface area contributed by atoms with Gasteiger partial charge in [-0.1, -0.05) is 30.3 Å². The summed E-state index contributed by atoms with van der Waals surface area (Å²) in [5.41, 5.74) is 5.40. The van der Waals surface area contributed by atoms with E-state index in [1.807, 2.05) is 0 Å². The Hall–Kier alpha value is -3.79. The van der Waals surface area contributed by atoms with Crippen molar-refractivity contribution in [3.05, 3.63) is 35.9 Å². The van der Waals surface area contributed by atoms with Crippen molar-refractivity contribution in [2.45, 2.75) is 18.7 Å². The molecule has 0 saturated carbocycles. The second-order valence-corrected chi connectivity index (χ2v) is 8.68. The van der Waals surface area contributed by atoms with E-state index in [1.165, 1.54) is 4.72 Å². The van der Waals surface area contributed by atoms with Crippen LogP contribution in [0.25, 0.3) is 0 Å². The Kier molecular flexibility index (Phi) is 9.26. The number of hydrogen-bond acceptors (Lipinski definition) is 11. The number of carbonyl (C=O) groups is 5. The number of hydrogen-bond donors (Lipinski definition) is 3. The number of ether oxygens (including phenoxy) is 4. The average Bonchev–Trinajstić information content (AvgIpc) is 2.75. The first-order chi connectivity index (χ1) is 16.0. The van der Waals surface area contributed by atoms with Gasteiger partial charge in [-0.2, -0.15) is 8.42 Å². The summed E-state index contributed by atoms with van der Waals surface area (Å²) in [6.07, 6.45) is -3.39. The van der Waals surface area contributed by atoms with E-state index in [-0.39, 0.29) is 13.2 Å². The van der Waals surface area contributed by atoms with Gasteiger partial charge in [-0.05, 0) is 5.56 Å². The molecule has 0 spiro atoms. The maximum absolute atomic E-state index is 12.4. The quantitative estimate of drug-likeness (QED) is 0.128. The summed E-state index contributed by atoms with van der Waals surface area (Å²) in [4.78, 5) is 59.0. The number of urea groups is 1. The third-order valence-corrected chi connectivity index (χ3v) is 4.70. The Morgan fingerprint density at radius 2 is 1.68 bits per heavy atom. The first-order valence-corrected chi connectivity index (χ1v) is 11.6. The zero-order valence-electron chi connectivity index (χ0n) is 17.2. The van der Waals surface area contributed by atoms with E-state index in [0.717, 1.165) is 0 Å². The van der Waals surface area contributed by atoms with Crippen molar-refractivity contribution in [1.82, 2.24) is 14.9 Å².